The Hall–Kier alpha value is -2.40. The molecule has 0 spiro atoms. The molecule has 1 aliphatic carbocycles. The van der Waals surface area contributed by atoms with Gasteiger partial charge >= 0.3 is 0 Å². The van der Waals surface area contributed by atoms with Crippen LogP contribution in [0.4, 0.5) is 11.4 Å². The zero-order valence-electron chi connectivity index (χ0n) is 13.5. The van der Waals surface area contributed by atoms with Crippen molar-refractivity contribution in [3.05, 3.63) is 47.2 Å². The normalized spacial score (nSPS) is 21.0. The minimum atomic E-state index is -0.137. The van der Waals surface area contributed by atoms with Gasteiger partial charge in [0.15, 0.2) is 0 Å². The second kappa shape index (κ2) is 6.38. The number of nitrogens with zero attached hydrogens (tertiary/aromatic N) is 2. The molecule has 1 heterocycles. The van der Waals surface area contributed by atoms with Gasteiger partial charge in [0, 0.05) is 24.4 Å². The molecule has 0 bridgehead atoms. The van der Waals surface area contributed by atoms with Crippen molar-refractivity contribution >= 4 is 22.9 Å². The van der Waals surface area contributed by atoms with Crippen LogP contribution in [0.15, 0.2) is 52.2 Å². The fourth-order valence-electron chi connectivity index (χ4n) is 2.81. The summed E-state index contributed by atoms with van der Waals surface area (Å²) in [7, 11) is 0. The van der Waals surface area contributed by atoms with E-state index in [0.29, 0.717) is 0 Å². The van der Waals surface area contributed by atoms with Crippen LogP contribution in [0.2, 0.25) is 0 Å². The number of nitrogens with two attached hydrogens (primary N) is 1. The van der Waals surface area contributed by atoms with Gasteiger partial charge in [-0.15, -0.1) is 0 Å². The average molecular weight is 311 g/mol. The summed E-state index contributed by atoms with van der Waals surface area (Å²) < 4.78 is 5.37. The predicted molar refractivity (Wildman–Crippen MR) is 92.2 cm³/mol. The molecule has 0 atom stereocenters. The molecule has 0 unspecified atom stereocenters. The smallest absolute Gasteiger partial charge is 0.202 e. The van der Waals surface area contributed by atoms with Crippen molar-refractivity contribution in [1.29, 1.82) is 0 Å². The molecule has 3 rings (SSSR count). The van der Waals surface area contributed by atoms with E-state index in [1.807, 2.05) is 26.0 Å². The van der Waals surface area contributed by atoms with E-state index >= 15 is 0 Å². The molecule has 1 aliphatic heterocycles. The number of ketones is 1. The molecule has 1 fully saturated rings. The fourth-order valence-corrected chi connectivity index (χ4v) is 2.81. The predicted octanol–water partition coefficient (Wildman–Crippen LogP) is 2.36. The SMILES string of the molecule is CC1=CC(=O)C(N)=C(C)C1=Nc1ccc(N2CCOCC2)cc1. The Morgan fingerprint density at radius 1 is 1.13 bits per heavy atom. The van der Waals surface area contributed by atoms with E-state index < -0.39 is 0 Å². The van der Waals surface area contributed by atoms with Gasteiger partial charge < -0.3 is 15.4 Å². The Morgan fingerprint density at radius 2 is 1.78 bits per heavy atom. The number of ether oxygens (including phenoxy) is 1. The van der Waals surface area contributed by atoms with Gasteiger partial charge in [0.1, 0.15) is 0 Å². The topological polar surface area (TPSA) is 67.9 Å². The van der Waals surface area contributed by atoms with Crippen LogP contribution in [0.1, 0.15) is 13.8 Å². The second-order valence-electron chi connectivity index (χ2n) is 5.81. The molecular weight excluding hydrogens is 290 g/mol. The van der Waals surface area contributed by atoms with Gasteiger partial charge in [0.2, 0.25) is 5.78 Å². The highest BCUT2D eigenvalue weighted by molar-refractivity contribution is 6.24. The number of hydrogen-bond acceptors (Lipinski definition) is 5. The Morgan fingerprint density at radius 3 is 2.43 bits per heavy atom. The van der Waals surface area contributed by atoms with E-state index in [9.17, 15) is 4.79 Å². The number of carbonyl (C=O) groups excluding carboxylic acids is 1. The van der Waals surface area contributed by atoms with Gasteiger partial charge in [-0.1, -0.05) is 0 Å². The number of rotatable bonds is 2. The molecule has 0 radical (unpaired) electrons. The van der Waals surface area contributed by atoms with Gasteiger partial charge in [0.25, 0.3) is 0 Å². The number of carbonyl (C=O) groups is 1. The number of hydrogen-bond donors (Lipinski definition) is 1. The first kappa shape index (κ1) is 15.5. The highest BCUT2D eigenvalue weighted by Crippen LogP contribution is 2.24. The lowest BCUT2D eigenvalue weighted by Crippen LogP contribution is -2.36. The number of allylic oxidation sites excluding steroid dienone is 3. The van der Waals surface area contributed by atoms with Crippen molar-refractivity contribution < 1.29 is 9.53 Å². The maximum Gasteiger partial charge on any atom is 0.202 e. The maximum absolute atomic E-state index is 11.7. The summed E-state index contributed by atoms with van der Waals surface area (Å²) in [6.45, 7) is 7.09. The summed E-state index contributed by atoms with van der Waals surface area (Å²) in [5, 5.41) is 0. The van der Waals surface area contributed by atoms with Crippen LogP contribution in [-0.2, 0) is 9.53 Å². The number of anilines is 1. The summed E-state index contributed by atoms with van der Waals surface area (Å²) in [5.41, 5.74) is 10.5. The van der Waals surface area contributed by atoms with Crippen molar-refractivity contribution in [2.24, 2.45) is 10.7 Å². The number of morpholine rings is 1. The molecule has 5 nitrogen and oxygen atoms in total. The maximum atomic E-state index is 11.7. The van der Waals surface area contributed by atoms with E-state index in [1.165, 1.54) is 5.69 Å². The average Bonchev–Trinajstić information content (AvgIpc) is 2.58. The first-order valence-electron chi connectivity index (χ1n) is 7.77. The third kappa shape index (κ3) is 3.19. The molecule has 1 aromatic rings. The number of benzene rings is 1. The highest BCUT2D eigenvalue weighted by Gasteiger charge is 2.19. The van der Waals surface area contributed by atoms with Crippen molar-refractivity contribution in [3.63, 3.8) is 0 Å². The van der Waals surface area contributed by atoms with Crippen LogP contribution in [0.3, 0.4) is 0 Å². The highest BCUT2D eigenvalue weighted by atomic mass is 16.5. The van der Waals surface area contributed by atoms with Crippen LogP contribution in [0.25, 0.3) is 0 Å². The first-order chi connectivity index (χ1) is 11.1. The largest absolute Gasteiger partial charge is 0.395 e. The summed E-state index contributed by atoms with van der Waals surface area (Å²) in [5.74, 6) is -0.137. The fraction of sp³-hybridized carbons (Fsp3) is 0.333. The van der Waals surface area contributed by atoms with E-state index in [0.717, 1.165) is 48.8 Å². The van der Waals surface area contributed by atoms with Gasteiger partial charge in [-0.25, -0.2) is 4.99 Å². The van der Waals surface area contributed by atoms with Crippen molar-refractivity contribution in [1.82, 2.24) is 0 Å². The molecule has 0 saturated carbocycles. The Balaban J connectivity index is 1.85. The van der Waals surface area contributed by atoms with Crippen LogP contribution in [0, 0.1) is 0 Å². The van der Waals surface area contributed by atoms with Crippen LogP contribution in [0.5, 0.6) is 0 Å². The molecule has 2 N–H and O–H groups in total. The van der Waals surface area contributed by atoms with Gasteiger partial charge in [-0.3, -0.25) is 4.79 Å². The van der Waals surface area contributed by atoms with E-state index in [4.69, 9.17) is 10.5 Å². The van der Waals surface area contributed by atoms with E-state index in [1.54, 1.807) is 6.08 Å². The van der Waals surface area contributed by atoms with E-state index in [2.05, 4.69) is 22.0 Å². The standard InChI is InChI=1S/C18H21N3O2/c1-12-11-16(22)17(19)13(2)18(12)20-14-3-5-15(6-4-14)21-7-9-23-10-8-21/h3-6,11H,7-10,19H2,1-2H3. The summed E-state index contributed by atoms with van der Waals surface area (Å²) in [6, 6.07) is 8.12. The summed E-state index contributed by atoms with van der Waals surface area (Å²) >= 11 is 0. The van der Waals surface area contributed by atoms with Crippen molar-refractivity contribution in [3.8, 4) is 0 Å². The number of aliphatic imine (C=N–C) groups is 1. The summed E-state index contributed by atoms with van der Waals surface area (Å²) in [6.07, 6.45) is 1.54. The van der Waals surface area contributed by atoms with Crippen molar-refractivity contribution in [2.75, 3.05) is 31.2 Å². The summed E-state index contributed by atoms with van der Waals surface area (Å²) in [4.78, 5) is 18.7. The lowest BCUT2D eigenvalue weighted by atomic mass is 9.94. The minimum Gasteiger partial charge on any atom is -0.395 e. The molecule has 1 saturated heterocycles. The second-order valence-corrected chi connectivity index (χ2v) is 5.81. The lowest BCUT2D eigenvalue weighted by molar-refractivity contribution is -0.111. The molecule has 23 heavy (non-hydrogen) atoms. The molecule has 0 aromatic heterocycles. The lowest BCUT2D eigenvalue weighted by Gasteiger charge is -2.28. The molecular formula is C18H21N3O2. The van der Waals surface area contributed by atoms with Crippen LogP contribution in [-0.4, -0.2) is 37.8 Å². The molecule has 2 aliphatic rings. The Bertz CT molecular complexity index is 708. The van der Waals surface area contributed by atoms with Crippen molar-refractivity contribution in [2.45, 2.75) is 13.8 Å². The molecule has 5 heteroatoms. The van der Waals surface area contributed by atoms with Crippen LogP contribution >= 0.6 is 0 Å². The van der Waals surface area contributed by atoms with E-state index in [-0.39, 0.29) is 11.5 Å². The van der Waals surface area contributed by atoms with Crippen LogP contribution < -0.4 is 10.6 Å². The van der Waals surface area contributed by atoms with Gasteiger partial charge in [-0.2, -0.15) is 0 Å². The first-order valence-corrected chi connectivity index (χ1v) is 7.77. The third-order valence-corrected chi connectivity index (χ3v) is 4.21. The zero-order chi connectivity index (χ0) is 16.4. The minimum absolute atomic E-state index is 0.137. The molecule has 0 amide bonds. The Kier molecular flexibility index (Phi) is 4.30. The van der Waals surface area contributed by atoms with Gasteiger partial charge in [-0.05, 0) is 49.8 Å². The zero-order valence-corrected chi connectivity index (χ0v) is 13.5. The quantitative estimate of drug-likeness (QED) is 0.851. The monoisotopic (exact) mass is 311 g/mol. The molecule has 1 aromatic carbocycles. The Labute approximate surface area is 136 Å². The molecule has 120 valence electrons. The van der Waals surface area contributed by atoms with Gasteiger partial charge in [0.05, 0.1) is 30.3 Å². The third-order valence-electron chi connectivity index (χ3n) is 4.21.